The predicted molar refractivity (Wildman–Crippen MR) is 107 cm³/mol. The molecule has 3 aromatic rings. The average molecular weight is 360 g/mol. The van der Waals surface area contributed by atoms with Crippen LogP contribution in [-0.4, -0.2) is 31.0 Å². The largest absolute Gasteiger partial charge is 0.465 e. The number of methoxy groups -OCH3 is 1. The van der Waals surface area contributed by atoms with Crippen molar-refractivity contribution in [1.29, 1.82) is 0 Å². The number of benzene rings is 2. The summed E-state index contributed by atoms with van der Waals surface area (Å²) in [5, 5.41) is 0.988. The number of hydrogen-bond donors (Lipinski definition) is 0. The molecule has 1 aromatic heterocycles. The molecule has 0 saturated carbocycles. The number of aromatic nitrogens is 1. The second-order valence-corrected chi connectivity index (χ2v) is 6.22. The van der Waals surface area contributed by atoms with Gasteiger partial charge in [0.05, 0.1) is 30.1 Å². The van der Waals surface area contributed by atoms with Crippen LogP contribution in [0.2, 0.25) is 0 Å². The molecule has 5 nitrogen and oxygen atoms in total. The van der Waals surface area contributed by atoms with Crippen LogP contribution in [-0.2, 0) is 9.53 Å². The van der Waals surface area contributed by atoms with Gasteiger partial charge in [-0.1, -0.05) is 42.0 Å². The Balaban J connectivity index is 1.77. The van der Waals surface area contributed by atoms with E-state index in [0.29, 0.717) is 12.1 Å². The number of amides is 1. The van der Waals surface area contributed by atoms with E-state index in [0.717, 1.165) is 34.1 Å². The van der Waals surface area contributed by atoms with Gasteiger partial charge < -0.3 is 9.64 Å². The van der Waals surface area contributed by atoms with Gasteiger partial charge in [-0.2, -0.15) is 0 Å². The molecule has 0 aliphatic heterocycles. The van der Waals surface area contributed by atoms with Crippen molar-refractivity contribution in [2.24, 2.45) is 0 Å². The molecule has 0 bridgehead atoms. The first-order valence-electron chi connectivity index (χ1n) is 8.53. The summed E-state index contributed by atoms with van der Waals surface area (Å²) in [4.78, 5) is 29.1. The van der Waals surface area contributed by atoms with Crippen molar-refractivity contribution < 1.29 is 14.3 Å². The maximum absolute atomic E-state index is 11.6. The number of nitrogens with zero attached hydrogens (tertiary/aromatic N) is 2. The van der Waals surface area contributed by atoms with Crippen molar-refractivity contribution in [1.82, 2.24) is 4.98 Å². The van der Waals surface area contributed by atoms with Crippen molar-refractivity contribution in [3.63, 3.8) is 0 Å². The SMILES string of the molecule is COC(=O)c1ccc(/C=C(\C)CN(C=O)c2cnc3ccccc3c2)cc1. The quantitative estimate of drug-likeness (QED) is 0.491. The lowest BCUT2D eigenvalue weighted by molar-refractivity contribution is -0.107. The van der Waals surface area contributed by atoms with Crippen LogP contribution in [0.15, 0.2) is 66.4 Å². The summed E-state index contributed by atoms with van der Waals surface area (Å²) in [5.74, 6) is -0.363. The Morgan fingerprint density at radius 3 is 2.59 bits per heavy atom. The molecule has 0 aliphatic carbocycles. The van der Waals surface area contributed by atoms with Crippen LogP contribution >= 0.6 is 0 Å². The Hall–Kier alpha value is -3.47. The second-order valence-electron chi connectivity index (χ2n) is 6.22. The molecular formula is C22H20N2O3. The van der Waals surface area contributed by atoms with Crippen LogP contribution in [0.3, 0.4) is 0 Å². The number of fused-ring (bicyclic) bond motifs is 1. The molecule has 5 heteroatoms. The third-order valence-corrected chi connectivity index (χ3v) is 4.20. The maximum Gasteiger partial charge on any atom is 0.337 e. The van der Waals surface area contributed by atoms with Gasteiger partial charge in [0.15, 0.2) is 0 Å². The smallest absolute Gasteiger partial charge is 0.337 e. The first kappa shape index (κ1) is 18.3. The van der Waals surface area contributed by atoms with Crippen molar-refractivity contribution in [2.75, 3.05) is 18.6 Å². The topological polar surface area (TPSA) is 59.5 Å². The number of carbonyl (C=O) groups is 2. The van der Waals surface area contributed by atoms with Gasteiger partial charge in [-0.05, 0) is 36.8 Å². The molecule has 27 heavy (non-hydrogen) atoms. The van der Waals surface area contributed by atoms with E-state index in [2.05, 4.69) is 4.98 Å². The number of pyridine rings is 1. The minimum Gasteiger partial charge on any atom is -0.465 e. The van der Waals surface area contributed by atoms with Crippen molar-refractivity contribution in [3.8, 4) is 0 Å². The number of carbonyl (C=O) groups excluding carboxylic acids is 2. The number of para-hydroxylation sites is 1. The molecule has 0 unspecified atom stereocenters. The summed E-state index contributed by atoms with van der Waals surface area (Å²) in [6.07, 6.45) is 4.49. The second kappa shape index (κ2) is 8.27. The van der Waals surface area contributed by atoms with E-state index in [1.165, 1.54) is 7.11 Å². The molecule has 2 aromatic carbocycles. The summed E-state index contributed by atoms with van der Waals surface area (Å²) in [5.41, 5.74) is 4.09. The highest BCUT2D eigenvalue weighted by Crippen LogP contribution is 2.20. The van der Waals surface area contributed by atoms with E-state index in [1.807, 2.05) is 55.5 Å². The van der Waals surface area contributed by atoms with Crippen LogP contribution in [0.25, 0.3) is 17.0 Å². The lowest BCUT2D eigenvalue weighted by Crippen LogP contribution is -2.23. The van der Waals surface area contributed by atoms with E-state index in [4.69, 9.17) is 4.74 Å². The van der Waals surface area contributed by atoms with E-state index in [-0.39, 0.29) is 5.97 Å². The van der Waals surface area contributed by atoms with E-state index in [9.17, 15) is 9.59 Å². The molecular weight excluding hydrogens is 340 g/mol. The third kappa shape index (κ3) is 4.39. The van der Waals surface area contributed by atoms with Crippen LogP contribution in [0.5, 0.6) is 0 Å². The highest BCUT2D eigenvalue weighted by Gasteiger charge is 2.08. The number of esters is 1. The Labute approximate surface area is 157 Å². The van der Waals surface area contributed by atoms with Gasteiger partial charge in [-0.15, -0.1) is 0 Å². The Kier molecular flexibility index (Phi) is 5.61. The zero-order valence-electron chi connectivity index (χ0n) is 15.3. The van der Waals surface area contributed by atoms with Gasteiger partial charge >= 0.3 is 5.97 Å². The predicted octanol–water partition coefficient (Wildman–Crippen LogP) is 4.09. The standard InChI is InChI=1S/C22H20N2O3/c1-16(11-17-7-9-18(10-8-17)22(26)27-2)14-24(15-25)20-12-19-5-3-4-6-21(19)23-13-20/h3-13,15H,14H2,1-2H3/b16-11+. The Bertz CT molecular complexity index is 994. The molecule has 0 fully saturated rings. The Morgan fingerprint density at radius 1 is 1.15 bits per heavy atom. The van der Waals surface area contributed by atoms with Crippen LogP contribution < -0.4 is 4.90 Å². The van der Waals surface area contributed by atoms with Crippen LogP contribution in [0.1, 0.15) is 22.8 Å². The van der Waals surface area contributed by atoms with Gasteiger partial charge in [0.1, 0.15) is 0 Å². The summed E-state index contributed by atoms with van der Waals surface area (Å²) in [7, 11) is 1.36. The fraction of sp³-hybridized carbons (Fsp3) is 0.136. The highest BCUT2D eigenvalue weighted by atomic mass is 16.5. The molecule has 3 rings (SSSR count). The van der Waals surface area contributed by atoms with Gasteiger partial charge in [0, 0.05) is 11.9 Å². The van der Waals surface area contributed by atoms with Crippen LogP contribution in [0, 0.1) is 0 Å². The van der Waals surface area contributed by atoms with Gasteiger partial charge in [-0.25, -0.2) is 4.79 Å². The zero-order valence-corrected chi connectivity index (χ0v) is 15.3. The van der Waals surface area contributed by atoms with Crippen molar-refractivity contribution >= 4 is 35.0 Å². The summed E-state index contributed by atoms with van der Waals surface area (Å²) >= 11 is 0. The van der Waals surface area contributed by atoms with E-state index in [1.54, 1.807) is 23.2 Å². The van der Waals surface area contributed by atoms with Crippen molar-refractivity contribution in [2.45, 2.75) is 6.92 Å². The molecule has 0 spiro atoms. The van der Waals surface area contributed by atoms with E-state index >= 15 is 0 Å². The minimum absolute atomic E-state index is 0.363. The van der Waals surface area contributed by atoms with E-state index < -0.39 is 0 Å². The number of ether oxygens (including phenoxy) is 1. The minimum atomic E-state index is -0.363. The molecule has 0 aliphatic rings. The van der Waals surface area contributed by atoms with Crippen LogP contribution in [0.4, 0.5) is 5.69 Å². The number of rotatable bonds is 6. The van der Waals surface area contributed by atoms with Gasteiger partial charge in [-0.3, -0.25) is 9.78 Å². The maximum atomic E-state index is 11.6. The fourth-order valence-electron chi connectivity index (χ4n) is 2.84. The lowest BCUT2D eigenvalue weighted by Gasteiger charge is -2.18. The molecule has 0 atom stereocenters. The zero-order chi connectivity index (χ0) is 19.2. The molecule has 0 saturated heterocycles. The molecule has 0 N–H and O–H groups in total. The average Bonchev–Trinajstić information content (AvgIpc) is 2.71. The first-order valence-corrected chi connectivity index (χ1v) is 8.53. The van der Waals surface area contributed by atoms with Crippen molar-refractivity contribution in [3.05, 3.63) is 77.5 Å². The summed E-state index contributed by atoms with van der Waals surface area (Å²) < 4.78 is 4.70. The fourth-order valence-corrected chi connectivity index (χ4v) is 2.84. The summed E-state index contributed by atoms with van der Waals surface area (Å²) in [6.45, 7) is 2.40. The highest BCUT2D eigenvalue weighted by molar-refractivity contribution is 5.89. The molecule has 1 amide bonds. The van der Waals surface area contributed by atoms with Gasteiger partial charge in [0.2, 0.25) is 6.41 Å². The number of anilines is 1. The molecule has 1 heterocycles. The Morgan fingerprint density at radius 2 is 1.89 bits per heavy atom. The monoisotopic (exact) mass is 360 g/mol. The number of hydrogen-bond acceptors (Lipinski definition) is 4. The normalized spacial score (nSPS) is 11.3. The molecule has 136 valence electrons. The van der Waals surface area contributed by atoms with Gasteiger partial charge in [0.25, 0.3) is 0 Å². The summed E-state index contributed by atoms with van der Waals surface area (Å²) in [6, 6.07) is 16.9. The third-order valence-electron chi connectivity index (χ3n) is 4.20. The first-order chi connectivity index (χ1) is 13.1. The molecule has 0 radical (unpaired) electrons. The lowest BCUT2D eigenvalue weighted by atomic mass is 10.1.